The Morgan fingerprint density at radius 3 is 2.52 bits per heavy atom. The molecule has 0 saturated carbocycles. The molecule has 2 N–H and O–H groups in total. The molecule has 1 atom stereocenters. The summed E-state index contributed by atoms with van der Waals surface area (Å²) in [4.78, 5) is 26.6. The van der Waals surface area contributed by atoms with Gasteiger partial charge >= 0.3 is 0 Å². The van der Waals surface area contributed by atoms with Gasteiger partial charge in [0.1, 0.15) is 0 Å². The summed E-state index contributed by atoms with van der Waals surface area (Å²) < 4.78 is 0. The second-order valence-corrected chi connectivity index (χ2v) is 7.09. The molecule has 1 aliphatic rings. The molecule has 3 rings (SSSR count). The van der Waals surface area contributed by atoms with E-state index in [1.807, 2.05) is 25.1 Å². The highest BCUT2D eigenvalue weighted by Crippen LogP contribution is 2.17. The molecule has 2 amide bonds. The van der Waals surface area contributed by atoms with E-state index in [1.54, 1.807) is 12.1 Å². The maximum Gasteiger partial charge on any atom is 0.251 e. The smallest absolute Gasteiger partial charge is 0.251 e. The van der Waals surface area contributed by atoms with Gasteiger partial charge in [0.05, 0.1) is 0 Å². The minimum Gasteiger partial charge on any atom is -0.355 e. The highest BCUT2D eigenvalue weighted by Gasteiger charge is 2.16. The van der Waals surface area contributed by atoms with Crippen molar-refractivity contribution in [1.29, 1.82) is 0 Å². The molecule has 1 aliphatic heterocycles. The largest absolute Gasteiger partial charge is 0.355 e. The maximum absolute atomic E-state index is 12.1. The van der Waals surface area contributed by atoms with E-state index in [2.05, 4.69) is 39.8 Å². The number of rotatable bonds is 7. The Morgan fingerprint density at radius 1 is 1.04 bits per heavy atom. The number of nitrogens with zero attached hydrogens (tertiary/aromatic N) is 1. The summed E-state index contributed by atoms with van der Waals surface area (Å²) in [5.74, 6) is -0.184. The molecule has 0 unspecified atom stereocenters. The first-order valence-electron chi connectivity index (χ1n) is 9.53. The van der Waals surface area contributed by atoms with E-state index in [9.17, 15) is 9.59 Å². The molecule has 0 bridgehead atoms. The minimum atomic E-state index is -0.209. The average molecular weight is 365 g/mol. The molecule has 0 aromatic heterocycles. The van der Waals surface area contributed by atoms with Crippen LogP contribution in [0.3, 0.4) is 0 Å². The van der Waals surface area contributed by atoms with Crippen molar-refractivity contribution < 1.29 is 9.59 Å². The zero-order valence-corrected chi connectivity index (χ0v) is 15.8. The number of fused-ring (bicyclic) bond motifs is 1. The summed E-state index contributed by atoms with van der Waals surface area (Å²) >= 11 is 0. The molecule has 0 saturated heterocycles. The lowest BCUT2D eigenvalue weighted by molar-refractivity contribution is -0.121. The lowest BCUT2D eigenvalue weighted by atomic mass is 10.00. The normalized spacial score (nSPS) is 14.9. The number of carbonyl (C=O) groups is 2. The first-order chi connectivity index (χ1) is 13.1. The Labute approximate surface area is 160 Å². The third kappa shape index (κ3) is 5.66. The van der Waals surface area contributed by atoms with Crippen LogP contribution in [0.25, 0.3) is 0 Å². The third-order valence-electron chi connectivity index (χ3n) is 4.86. The molecule has 0 fully saturated rings. The predicted molar refractivity (Wildman–Crippen MR) is 106 cm³/mol. The number of nitrogens with one attached hydrogen (secondary N) is 2. The Balaban J connectivity index is 1.35. The van der Waals surface area contributed by atoms with Gasteiger partial charge in [-0.3, -0.25) is 14.5 Å². The van der Waals surface area contributed by atoms with Gasteiger partial charge in [0.15, 0.2) is 0 Å². The maximum atomic E-state index is 12.1. The van der Waals surface area contributed by atoms with Gasteiger partial charge in [-0.25, -0.2) is 0 Å². The van der Waals surface area contributed by atoms with Crippen molar-refractivity contribution in [3.05, 3.63) is 71.3 Å². The molecule has 5 heteroatoms. The van der Waals surface area contributed by atoms with Crippen LogP contribution in [0.4, 0.5) is 0 Å². The van der Waals surface area contributed by atoms with E-state index in [-0.39, 0.29) is 24.3 Å². The van der Waals surface area contributed by atoms with Gasteiger partial charge < -0.3 is 10.6 Å². The van der Waals surface area contributed by atoms with E-state index in [1.165, 1.54) is 11.1 Å². The standard InChI is InChI=1S/C22H27N3O2/c1-17(24-22(27)19-8-3-2-4-9-19)15-21(26)23-12-14-25-13-11-18-7-5-6-10-20(18)16-25/h2-10,17H,11-16H2,1H3,(H,23,26)(H,24,27)/t17-/m1/s1. The van der Waals surface area contributed by atoms with Crippen LogP contribution in [0.5, 0.6) is 0 Å². The lowest BCUT2D eigenvalue weighted by Crippen LogP contribution is -2.40. The predicted octanol–water partition coefficient (Wildman–Crippen LogP) is 2.37. The van der Waals surface area contributed by atoms with Crippen molar-refractivity contribution >= 4 is 11.8 Å². The van der Waals surface area contributed by atoms with E-state index >= 15 is 0 Å². The molecular weight excluding hydrogens is 338 g/mol. The summed E-state index contributed by atoms with van der Waals surface area (Å²) in [6, 6.07) is 17.4. The van der Waals surface area contributed by atoms with Crippen LogP contribution in [-0.2, 0) is 17.8 Å². The van der Waals surface area contributed by atoms with Crippen LogP contribution < -0.4 is 10.6 Å². The van der Waals surface area contributed by atoms with Crippen LogP contribution in [-0.4, -0.2) is 42.4 Å². The lowest BCUT2D eigenvalue weighted by Gasteiger charge is -2.28. The summed E-state index contributed by atoms with van der Waals surface area (Å²) in [5, 5.41) is 5.83. The molecule has 27 heavy (non-hydrogen) atoms. The minimum absolute atomic E-state index is 0.0340. The molecule has 0 aliphatic carbocycles. The average Bonchev–Trinajstić information content (AvgIpc) is 2.68. The van der Waals surface area contributed by atoms with E-state index in [4.69, 9.17) is 0 Å². The molecule has 0 spiro atoms. The molecule has 1 heterocycles. The van der Waals surface area contributed by atoms with Crippen LogP contribution in [0.15, 0.2) is 54.6 Å². The molecule has 2 aromatic carbocycles. The van der Waals surface area contributed by atoms with Gasteiger partial charge in [0.25, 0.3) is 5.91 Å². The van der Waals surface area contributed by atoms with Gasteiger partial charge in [-0.15, -0.1) is 0 Å². The summed E-state index contributed by atoms with van der Waals surface area (Å²) in [6.45, 7) is 5.28. The second-order valence-electron chi connectivity index (χ2n) is 7.09. The second kappa shape index (κ2) is 9.33. The fraction of sp³-hybridized carbons (Fsp3) is 0.364. The Bertz CT molecular complexity index is 776. The first kappa shape index (κ1) is 19.1. The van der Waals surface area contributed by atoms with Gasteiger partial charge in [-0.1, -0.05) is 42.5 Å². The zero-order valence-electron chi connectivity index (χ0n) is 15.8. The van der Waals surface area contributed by atoms with Gasteiger partial charge in [0, 0.05) is 44.2 Å². The summed E-state index contributed by atoms with van der Waals surface area (Å²) in [7, 11) is 0. The van der Waals surface area contributed by atoms with Crippen LogP contribution in [0.1, 0.15) is 34.8 Å². The van der Waals surface area contributed by atoms with Gasteiger partial charge in [-0.05, 0) is 36.6 Å². The Hall–Kier alpha value is -2.66. The number of carbonyl (C=O) groups excluding carboxylic acids is 2. The fourth-order valence-electron chi connectivity index (χ4n) is 3.40. The monoisotopic (exact) mass is 365 g/mol. The van der Waals surface area contributed by atoms with Crippen molar-refractivity contribution in [1.82, 2.24) is 15.5 Å². The molecule has 0 radical (unpaired) electrons. The zero-order chi connectivity index (χ0) is 19.1. The van der Waals surface area contributed by atoms with Crippen LogP contribution >= 0.6 is 0 Å². The SMILES string of the molecule is C[C@H](CC(=O)NCCN1CCc2ccccc2C1)NC(=O)c1ccccc1. The summed E-state index contributed by atoms with van der Waals surface area (Å²) in [6.07, 6.45) is 1.34. The van der Waals surface area contributed by atoms with Crippen molar-refractivity contribution in [2.24, 2.45) is 0 Å². The van der Waals surface area contributed by atoms with E-state index in [0.717, 1.165) is 26.1 Å². The van der Waals surface area contributed by atoms with E-state index < -0.39 is 0 Å². The quantitative estimate of drug-likeness (QED) is 0.792. The molecule has 2 aromatic rings. The van der Waals surface area contributed by atoms with Crippen molar-refractivity contribution in [2.75, 3.05) is 19.6 Å². The Morgan fingerprint density at radius 2 is 1.74 bits per heavy atom. The molecule has 5 nitrogen and oxygen atoms in total. The van der Waals surface area contributed by atoms with Crippen LogP contribution in [0.2, 0.25) is 0 Å². The number of benzene rings is 2. The summed E-state index contributed by atoms with van der Waals surface area (Å²) in [5.41, 5.74) is 3.42. The van der Waals surface area contributed by atoms with Gasteiger partial charge in [0.2, 0.25) is 5.91 Å². The van der Waals surface area contributed by atoms with E-state index in [0.29, 0.717) is 12.1 Å². The highest BCUT2D eigenvalue weighted by molar-refractivity contribution is 5.94. The van der Waals surface area contributed by atoms with Crippen LogP contribution in [0, 0.1) is 0 Å². The third-order valence-corrected chi connectivity index (χ3v) is 4.86. The number of hydrogen-bond acceptors (Lipinski definition) is 3. The van der Waals surface area contributed by atoms with Crippen molar-refractivity contribution in [3.63, 3.8) is 0 Å². The highest BCUT2D eigenvalue weighted by atomic mass is 16.2. The van der Waals surface area contributed by atoms with Gasteiger partial charge in [-0.2, -0.15) is 0 Å². The topological polar surface area (TPSA) is 61.4 Å². The molecular formula is C22H27N3O2. The van der Waals surface area contributed by atoms with Crippen molar-refractivity contribution in [3.8, 4) is 0 Å². The fourth-order valence-corrected chi connectivity index (χ4v) is 3.40. The number of hydrogen-bond donors (Lipinski definition) is 2. The first-order valence-corrected chi connectivity index (χ1v) is 9.53. The van der Waals surface area contributed by atoms with Crippen molar-refractivity contribution in [2.45, 2.75) is 32.4 Å². The Kier molecular flexibility index (Phi) is 6.60. The molecule has 142 valence electrons. The number of amides is 2.